The van der Waals surface area contributed by atoms with Gasteiger partial charge in [0.15, 0.2) is 0 Å². The molecule has 9 nitrogen and oxygen atoms in total. The minimum atomic E-state index is -0.400. The number of fused-ring (bicyclic) bond motifs is 1. The van der Waals surface area contributed by atoms with E-state index >= 15 is 0 Å². The number of carbonyl (C=O) groups excluding carboxylic acids is 2. The molecule has 4 aromatic rings. The molecule has 0 aliphatic carbocycles. The molecule has 0 saturated heterocycles. The van der Waals surface area contributed by atoms with Crippen LogP contribution in [-0.4, -0.2) is 37.6 Å². The highest BCUT2D eigenvalue weighted by atomic mass is 32.1. The number of nitrogens with one attached hydrogen (secondary N) is 2. The molecule has 2 amide bonds. The Morgan fingerprint density at radius 3 is 2.13 bits per heavy atom. The molecule has 156 valence electrons. The molecule has 0 bridgehead atoms. The molecule has 31 heavy (non-hydrogen) atoms. The summed E-state index contributed by atoms with van der Waals surface area (Å²) in [5.41, 5.74) is 3.63. The quantitative estimate of drug-likeness (QED) is 0.458. The maximum absolute atomic E-state index is 12.5. The molecule has 0 saturated carbocycles. The maximum atomic E-state index is 12.5. The fourth-order valence-corrected chi connectivity index (χ4v) is 3.35. The fourth-order valence-electron chi connectivity index (χ4n) is 2.83. The van der Waals surface area contributed by atoms with Crippen molar-refractivity contribution in [2.45, 2.75) is 13.1 Å². The molecule has 2 N–H and O–H groups in total. The fraction of sp³-hybridized carbons (Fsp3) is 0.143. The van der Waals surface area contributed by atoms with Crippen molar-refractivity contribution in [1.29, 1.82) is 0 Å². The van der Waals surface area contributed by atoms with Gasteiger partial charge in [-0.1, -0.05) is 18.2 Å². The van der Waals surface area contributed by atoms with Crippen molar-refractivity contribution in [3.05, 3.63) is 77.4 Å². The summed E-state index contributed by atoms with van der Waals surface area (Å²) in [5.74, 6) is -0.0541. The van der Waals surface area contributed by atoms with Gasteiger partial charge in [-0.2, -0.15) is 8.75 Å². The molecule has 10 heteroatoms. The predicted molar refractivity (Wildman–Crippen MR) is 115 cm³/mol. The standard InChI is InChI=1S/C21H18N6O3S/c1-30-15-5-2-13(3-6-15)10-22-20(28)18-9-19(25-12-24-18)21(29)23-11-14-4-7-16-17(8-14)27-31-26-16/h2-9,12H,10-11H2,1H3,(H,22,28)(H,23,29). The molecule has 0 aliphatic rings. The molecule has 2 heterocycles. The number of carbonyl (C=O) groups is 2. The molecule has 4 rings (SSSR count). The second kappa shape index (κ2) is 9.26. The van der Waals surface area contributed by atoms with E-state index in [1.807, 2.05) is 42.5 Å². The van der Waals surface area contributed by atoms with Crippen LogP contribution >= 0.6 is 11.7 Å². The maximum Gasteiger partial charge on any atom is 0.270 e. The van der Waals surface area contributed by atoms with Crippen molar-refractivity contribution in [2.75, 3.05) is 7.11 Å². The summed E-state index contributed by atoms with van der Waals surface area (Å²) in [6, 6.07) is 14.3. The number of nitrogens with zero attached hydrogens (tertiary/aromatic N) is 4. The van der Waals surface area contributed by atoms with Crippen LogP contribution in [0.25, 0.3) is 11.0 Å². The summed E-state index contributed by atoms with van der Waals surface area (Å²) in [4.78, 5) is 32.8. The topological polar surface area (TPSA) is 119 Å². The van der Waals surface area contributed by atoms with Crippen LogP contribution in [0.5, 0.6) is 5.75 Å². The normalized spacial score (nSPS) is 10.6. The van der Waals surface area contributed by atoms with E-state index in [0.717, 1.165) is 39.6 Å². The molecule has 0 unspecified atom stereocenters. The molecular formula is C21H18N6O3S. The van der Waals surface area contributed by atoms with E-state index in [4.69, 9.17) is 4.74 Å². The van der Waals surface area contributed by atoms with Crippen LogP contribution in [-0.2, 0) is 13.1 Å². The third-order valence-corrected chi connectivity index (χ3v) is 5.07. The Morgan fingerprint density at radius 2 is 1.45 bits per heavy atom. The van der Waals surface area contributed by atoms with Gasteiger partial charge >= 0.3 is 0 Å². The van der Waals surface area contributed by atoms with E-state index in [9.17, 15) is 9.59 Å². The Hall–Kier alpha value is -3.92. The van der Waals surface area contributed by atoms with Crippen LogP contribution in [0, 0.1) is 0 Å². The van der Waals surface area contributed by atoms with E-state index in [1.54, 1.807) is 7.11 Å². The number of rotatable bonds is 7. The number of benzene rings is 2. The first-order valence-electron chi connectivity index (χ1n) is 9.35. The molecule has 0 fully saturated rings. The van der Waals surface area contributed by atoms with E-state index in [0.29, 0.717) is 13.1 Å². The van der Waals surface area contributed by atoms with Crippen molar-refractivity contribution in [3.63, 3.8) is 0 Å². The first kappa shape index (κ1) is 20.4. The highest BCUT2D eigenvalue weighted by Crippen LogP contribution is 2.14. The Morgan fingerprint density at radius 1 is 0.839 bits per heavy atom. The first-order valence-corrected chi connectivity index (χ1v) is 10.1. The molecule has 0 atom stereocenters. The van der Waals surface area contributed by atoms with Crippen LogP contribution in [0.15, 0.2) is 54.9 Å². The minimum Gasteiger partial charge on any atom is -0.497 e. The van der Waals surface area contributed by atoms with Crippen molar-refractivity contribution in [2.24, 2.45) is 0 Å². The van der Waals surface area contributed by atoms with E-state index in [-0.39, 0.29) is 11.4 Å². The van der Waals surface area contributed by atoms with Gasteiger partial charge in [0.05, 0.1) is 18.8 Å². The Balaban J connectivity index is 1.35. The second-order valence-corrected chi connectivity index (χ2v) is 7.12. The summed E-state index contributed by atoms with van der Waals surface area (Å²) in [7, 11) is 1.59. The second-order valence-electron chi connectivity index (χ2n) is 6.59. The summed E-state index contributed by atoms with van der Waals surface area (Å²) in [6.45, 7) is 0.623. The molecule has 0 radical (unpaired) electrons. The monoisotopic (exact) mass is 434 g/mol. The molecule has 0 spiro atoms. The Labute approximate surface area is 181 Å². The lowest BCUT2D eigenvalue weighted by molar-refractivity contribution is 0.0944. The zero-order valence-electron chi connectivity index (χ0n) is 16.5. The van der Waals surface area contributed by atoms with E-state index < -0.39 is 11.8 Å². The van der Waals surface area contributed by atoms with Gasteiger partial charge in [-0.3, -0.25) is 9.59 Å². The lowest BCUT2D eigenvalue weighted by atomic mass is 10.2. The molecule has 0 aliphatic heterocycles. The highest BCUT2D eigenvalue weighted by molar-refractivity contribution is 7.00. The Bertz CT molecular complexity index is 1230. The van der Waals surface area contributed by atoms with Crippen molar-refractivity contribution in [1.82, 2.24) is 29.3 Å². The highest BCUT2D eigenvalue weighted by Gasteiger charge is 2.13. The molecule has 2 aromatic heterocycles. The van der Waals surface area contributed by atoms with Crippen molar-refractivity contribution >= 4 is 34.6 Å². The number of aromatic nitrogens is 4. The van der Waals surface area contributed by atoms with Crippen molar-refractivity contribution in [3.8, 4) is 5.75 Å². The first-order chi connectivity index (χ1) is 15.1. The van der Waals surface area contributed by atoms with Crippen LogP contribution in [0.2, 0.25) is 0 Å². The SMILES string of the molecule is COc1ccc(CNC(=O)c2cc(C(=O)NCc3ccc4nsnc4c3)ncn2)cc1. The average molecular weight is 434 g/mol. The van der Waals surface area contributed by atoms with Gasteiger partial charge in [-0.05, 0) is 35.4 Å². The van der Waals surface area contributed by atoms with Gasteiger partial charge in [-0.15, -0.1) is 0 Å². The van der Waals surface area contributed by atoms with Gasteiger partial charge in [0.2, 0.25) is 0 Å². The zero-order valence-corrected chi connectivity index (χ0v) is 17.3. The largest absolute Gasteiger partial charge is 0.497 e. The summed E-state index contributed by atoms with van der Waals surface area (Å²) in [5, 5.41) is 5.57. The van der Waals surface area contributed by atoms with Gasteiger partial charge in [0.1, 0.15) is 34.5 Å². The number of hydrogen-bond donors (Lipinski definition) is 2. The lowest BCUT2D eigenvalue weighted by Crippen LogP contribution is -2.27. The van der Waals surface area contributed by atoms with Gasteiger partial charge in [-0.25, -0.2) is 9.97 Å². The zero-order chi connectivity index (χ0) is 21.6. The third kappa shape index (κ3) is 4.98. The van der Waals surface area contributed by atoms with E-state index in [1.165, 1.54) is 12.4 Å². The minimum absolute atomic E-state index is 0.112. The van der Waals surface area contributed by atoms with Crippen LogP contribution in [0.1, 0.15) is 32.1 Å². The average Bonchev–Trinajstić information content (AvgIpc) is 3.29. The van der Waals surface area contributed by atoms with E-state index in [2.05, 4.69) is 29.3 Å². The van der Waals surface area contributed by atoms with Gasteiger partial charge in [0.25, 0.3) is 11.8 Å². The third-order valence-electron chi connectivity index (χ3n) is 4.52. The van der Waals surface area contributed by atoms with Gasteiger partial charge in [0, 0.05) is 19.2 Å². The summed E-state index contributed by atoms with van der Waals surface area (Å²) >= 11 is 1.14. The predicted octanol–water partition coefficient (Wildman–Crippen LogP) is 2.35. The number of methoxy groups -OCH3 is 1. The van der Waals surface area contributed by atoms with Crippen molar-refractivity contribution < 1.29 is 14.3 Å². The number of amides is 2. The summed E-state index contributed by atoms with van der Waals surface area (Å²) in [6.07, 6.45) is 1.20. The molecule has 2 aromatic carbocycles. The lowest BCUT2D eigenvalue weighted by Gasteiger charge is -2.08. The van der Waals surface area contributed by atoms with Crippen LogP contribution < -0.4 is 15.4 Å². The number of hydrogen-bond acceptors (Lipinski definition) is 8. The Kier molecular flexibility index (Phi) is 6.08. The number of ether oxygens (including phenoxy) is 1. The smallest absolute Gasteiger partial charge is 0.270 e. The van der Waals surface area contributed by atoms with Crippen LogP contribution in [0.4, 0.5) is 0 Å². The van der Waals surface area contributed by atoms with Crippen LogP contribution in [0.3, 0.4) is 0 Å². The van der Waals surface area contributed by atoms with Gasteiger partial charge < -0.3 is 15.4 Å². The molecular weight excluding hydrogens is 416 g/mol. The summed E-state index contributed by atoms with van der Waals surface area (Å²) < 4.78 is 13.5.